The summed E-state index contributed by atoms with van der Waals surface area (Å²) >= 11 is 1.40. The molecule has 0 saturated carbocycles. The highest BCUT2D eigenvalue weighted by Crippen LogP contribution is 2.15. The van der Waals surface area contributed by atoms with Crippen LogP contribution >= 0.6 is 11.8 Å². The number of carbonyl (C=O) groups is 4. The Morgan fingerprint density at radius 1 is 0.930 bits per heavy atom. The fourth-order valence-electron chi connectivity index (χ4n) is 3.70. The van der Waals surface area contributed by atoms with E-state index in [1.165, 1.54) is 11.8 Å². The molecular weight excluding hydrogens is 572 g/mol. The molecule has 2 atom stereocenters. The number of benzene rings is 2. The van der Waals surface area contributed by atoms with E-state index < -0.39 is 41.7 Å². The van der Waals surface area contributed by atoms with Crippen molar-refractivity contribution in [3.63, 3.8) is 0 Å². The van der Waals surface area contributed by atoms with E-state index in [0.29, 0.717) is 25.1 Å². The standard InChI is InChI=1S/C30H40N6O6S/c1-21-13-15-23(16-14-21)19-43-20-25(27(38)35-36-31)33-26(37)24(34-29(40)42-30(2,3)4)12-8-9-17-32-28(39)41-18-22-10-6-5-7-11-22/h5-7,10-11,13-16,24-25H,8-9,12,17-20H2,1-4H3,(H,32,39)(H,33,37)(H,34,40)/t24-,25-/m0/s1. The van der Waals surface area contributed by atoms with Crippen LogP contribution in [0.15, 0.2) is 59.7 Å². The minimum absolute atomic E-state index is 0.147. The van der Waals surface area contributed by atoms with Gasteiger partial charge in [-0.2, -0.15) is 11.8 Å². The Hall–Kier alpha value is -4.22. The highest BCUT2D eigenvalue weighted by atomic mass is 32.2. The molecule has 4 amide bonds. The number of nitrogens with one attached hydrogen (secondary N) is 3. The molecule has 3 N–H and O–H groups in total. The first-order valence-corrected chi connectivity index (χ1v) is 15.1. The van der Waals surface area contributed by atoms with Gasteiger partial charge in [-0.1, -0.05) is 60.2 Å². The first kappa shape index (κ1) is 35.0. The average molecular weight is 613 g/mol. The number of aryl methyl sites for hydroxylation is 1. The molecule has 0 unspecified atom stereocenters. The molecule has 2 aromatic carbocycles. The molecule has 0 aromatic heterocycles. The summed E-state index contributed by atoms with van der Waals surface area (Å²) in [4.78, 5) is 52.8. The van der Waals surface area contributed by atoms with Gasteiger partial charge in [0.15, 0.2) is 0 Å². The van der Waals surface area contributed by atoms with Crippen LogP contribution < -0.4 is 16.0 Å². The Labute approximate surface area is 256 Å². The zero-order chi connectivity index (χ0) is 31.7. The van der Waals surface area contributed by atoms with Crippen LogP contribution in [-0.4, -0.2) is 54.0 Å². The van der Waals surface area contributed by atoms with Crippen LogP contribution in [0.4, 0.5) is 9.59 Å². The third kappa shape index (κ3) is 15.0. The number of rotatable bonds is 15. The second-order valence-corrected chi connectivity index (χ2v) is 11.8. The number of amides is 4. The minimum atomic E-state index is -1.09. The first-order chi connectivity index (χ1) is 20.5. The Bertz CT molecular complexity index is 1250. The number of ether oxygens (including phenoxy) is 2. The molecule has 0 heterocycles. The summed E-state index contributed by atoms with van der Waals surface area (Å²) in [5.74, 6) is -0.715. The molecule has 0 aliphatic rings. The van der Waals surface area contributed by atoms with Gasteiger partial charge in [-0.05, 0) is 68.7 Å². The van der Waals surface area contributed by atoms with E-state index in [4.69, 9.17) is 15.0 Å². The average Bonchev–Trinajstić information content (AvgIpc) is 2.95. The second-order valence-electron chi connectivity index (χ2n) is 10.8. The van der Waals surface area contributed by atoms with Crippen molar-refractivity contribution < 1.29 is 28.7 Å². The van der Waals surface area contributed by atoms with Gasteiger partial charge in [0.2, 0.25) is 11.8 Å². The van der Waals surface area contributed by atoms with E-state index in [1.54, 1.807) is 20.8 Å². The van der Waals surface area contributed by atoms with Crippen molar-refractivity contribution in [1.82, 2.24) is 16.0 Å². The van der Waals surface area contributed by atoms with Gasteiger partial charge in [0.1, 0.15) is 24.3 Å². The van der Waals surface area contributed by atoms with Crippen LogP contribution in [0.3, 0.4) is 0 Å². The number of hydrogen-bond acceptors (Lipinski definition) is 7. The normalized spacial score (nSPS) is 12.2. The van der Waals surface area contributed by atoms with Crippen LogP contribution in [0.25, 0.3) is 10.4 Å². The summed E-state index contributed by atoms with van der Waals surface area (Å²) in [7, 11) is 0. The smallest absolute Gasteiger partial charge is 0.408 e. The van der Waals surface area contributed by atoms with Crippen LogP contribution in [0.2, 0.25) is 0 Å². The largest absolute Gasteiger partial charge is 0.445 e. The topological polar surface area (TPSA) is 172 Å². The van der Waals surface area contributed by atoms with Crippen molar-refractivity contribution in [2.24, 2.45) is 5.11 Å². The molecule has 12 nitrogen and oxygen atoms in total. The Morgan fingerprint density at radius 2 is 1.63 bits per heavy atom. The summed E-state index contributed by atoms with van der Waals surface area (Å²) in [6.07, 6.45) is -0.211. The monoisotopic (exact) mass is 612 g/mol. The Kier molecular flexibility index (Phi) is 14.9. The molecule has 0 aliphatic carbocycles. The van der Waals surface area contributed by atoms with Gasteiger partial charge in [-0.25, -0.2) is 9.59 Å². The van der Waals surface area contributed by atoms with E-state index in [-0.39, 0.29) is 18.8 Å². The van der Waals surface area contributed by atoms with Crippen molar-refractivity contribution in [2.45, 2.75) is 77.0 Å². The van der Waals surface area contributed by atoms with E-state index in [0.717, 1.165) is 16.7 Å². The Morgan fingerprint density at radius 3 is 2.28 bits per heavy atom. The van der Waals surface area contributed by atoms with Gasteiger partial charge >= 0.3 is 12.2 Å². The maximum Gasteiger partial charge on any atom is 0.408 e. The van der Waals surface area contributed by atoms with Crippen molar-refractivity contribution >= 4 is 35.8 Å². The second kappa shape index (κ2) is 18.3. The molecule has 232 valence electrons. The lowest BCUT2D eigenvalue weighted by molar-refractivity contribution is -0.128. The molecule has 0 bridgehead atoms. The number of azide groups is 1. The van der Waals surface area contributed by atoms with Crippen molar-refractivity contribution in [3.8, 4) is 0 Å². The van der Waals surface area contributed by atoms with Gasteiger partial charge in [0.25, 0.3) is 0 Å². The predicted octanol–water partition coefficient (Wildman–Crippen LogP) is 5.54. The third-order valence-corrected chi connectivity index (χ3v) is 6.95. The number of unbranched alkanes of at least 4 members (excludes halogenated alkanes) is 1. The molecule has 2 rings (SSSR count). The van der Waals surface area contributed by atoms with Gasteiger partial charge in [0, 0.05) is 23.0 Å². The van der Waals surface area contributed by atoms with E-state index >= 15 is 0 Å². The quantitative estimate of drug-likeness (QED) is 0.103. The zero-order valence-corrected chi connectivity index (χ0v) is 25.8. The fraction of sp³-hybridized carbons (Fsp3) is 0.467. The van der Waals surface area contributed by atoms with Gasteiger partial charge < -0.3 is 25.4 Å². The van der Waals surface area contributed by atoms with Crippen LogP contribution in [0.5, 0.6) is 0 Å². The van der Waals surface area contributed by atoms with E-state index in [9.17, 15) is 19.2 Å². The lowest BCUT2D eigenvalue weighted by Gasteiger charge is -2.24. The van der Waals surface area contributed by atoms with Gasteiger partial charge in [-0.15, -0.1) is 0 Å². The molecule has 0 fully saturated rings. The molecule has 2 aromatic rings. The van der Waals surface area contributed by atoms with Crippen LogP contribution in [-0.2, 0) is 31.4 Å². The molecule has 0 spiro atoms. The maximum atomic E-state index is 13.3. The molecule has 0 aliphatic heterocycles. The van der Waals surface area contributed by atoms with Crippen molar-refractivity contribution in [3.05, 3.63) is 81.7 Å². The number of thioether (sulfide) groups is 1. The summed E-state index contributed by atoms with van der Waals surface area (Å²) in [6.45, 7) is 7.52. The number of hydrogen-bond donors (Lipinski definition) is 3. The lowest BCUT2D eigenvalue weighted by Crippen LogP contribution is -2.52. The predicted molar refractivity (Wildman–Crippen MR) is 165 cm³/mol. The van der Waals surface area contributed by atoms with Crippen molar-refractivity contribution in [2.75, 3.05) is 12.3 Å². The van der Waals surface area contributed by atoms with Crippen LogP contribution in [0.1, 0.15) is 56.7 Å². The van der Waals surface area contributed by atoms with E-state index in [1.807, 2.05) is 61.5 Å². The van der Waals surface area contributed by atoms with Gasteiger partial charge in [-0.3, -0.25) is 9.59 Å². The molecule has 0 radical (unpaired) electrons. The molecular formula is C30H40N6O6S. The Balaban J connectivity index is 1.94. The third-order valence-electron chi connectivity index (χ3n) is 5.84. The molecule has 43 heavy (non-hydrogen) atoms. The summed E-state index contributed by atoms with van der Waals surface area (Å²) in [5, 5.41) is 11.0. The number of nitrogens with zero attached hydrogens (tertiary/aromatic N) is 3. The summed E-state index contributed by atoms with van der Waals surface area (Å²) in [6, 6.07) is 15.1. The summed E-state index contributed by atoms with van der Waals surface area (Å²) in [5.41, 5.74) is 11.0. The molecule has 0 saturated heterocycles. The number of alkyl carbamates (subject to hydrolysis) is 2. The minimum Gasteiger partial charge on any atom is -0.445 e. The first-order valence-electron chi connectivity index (χ1n) is 13.9. The molecule has 13 heteroatoms. The SMILES string of the molecule is Cc1ccc(CSC[C@H](NC(=O)[C@H](CCCCNC(=O)OCc2ccccc2)NC(=O)OC(C)(C)C)C(=O)N=[N+]=[N-])cc1. The highest BCUT2D eigenvalue weighted by molar-refractivity contribution is 7.98. The van der Waals surface area contributed by atoms with Crippen LogP contribution in [0, 0.1) is 6.92 Å². The zero-order valence-electron chi connectivity index (χ0n) is 25.0. The lowest BCUT2D eigenvalue weighted by atomic mass is 10.1. The number of carbonyl (C=O) groups excluding carboxylic acids is 4. The maximum absolute atomic E-state index is 13.3. The van der Waals surface area contributed by atoms with Gasteiger partial charge in [0.05, 0.1) is 0 Å². The summed E-state index contributed by atoms with van der Waals surface area (Å²) < 4.78 is 10.5. The highest BCUT2D eigenvalue weighted by Gasteiger charge is 2.28. The fourth-order valence-corrected chi connectivity index (χ4v) is 4.70. The van der Waals surface area contributed by atoms with Crippen molar-refractivity contribution in [1.29, 1.82) is 0 Å². The van der Waals surface area contributed by atoms with E-state index in [2.05, 4.69) is 26.0 Å².